The van der Waals surface area contributed by atoms with Crippen molar-refractivity contribution in [2.24, 2.45) is 0 Å². The molecule has 0 bridgehead atoms. The Morgan fingerprint density at radius 3 is 2.60 bits per heavy atom. The van der Waals surface area contributed by atoms with Crippen molar-refractivity contribution in [3.63, 3.8) is 0 Å². The second kappa shape index (κ2) is 5.69. The molecule has 0 radical (unpaired) electrons. The van der Waals surface area contributed by atoms with Gasteiger partial charge >= 0.3 is 0 Å². The van der Waals surface area contributed by atoms with Gasteiger partial charge in [0.05, 0.1) is 12.1 Å². The first-order valence-electron chi connectivity index (χ1n) is 5.25. The third-order valence-electron chi connectivity index (χ3n) is 2.59. The van der Waals surface area contributed by atoms with Gasteiger partial charge in [0.2, 0.25) is 0 Å². The molecular formula is C13H19NO. The predicted octanol–water partition coefficient (Wildman–Crippen LogP) is 2.06. The van der Waals surface area contributed by atoms with E-state index >= 15 is 0 Å². The van der Waals surface area contributed by atoms with E-state index in [-0.39, 0.29) is 12.1 Å². The Morgan fingerprint density at radius 1 is 1.40 bits per heavy atom. The van der Waals surface area contributed by atoms with E-state index in [1.54, 1.807) is 0 Å². The van der Waals surface area contributed by atoms with Crippen molar-refractivity contribution >= 4 is 0 Å². The van der Waals surface area contributed by atoms with Crippen LogP contribution < -0.4 is 5.32 Å². The maximum absolute atomic E-state index is 9.45. The highest BCUT2D eigenvalue weighted by molar-refractivity contribution is 5.23. The predicted molar refractivity (Wildman–Crippen MR) is 63.7 cm³/mol. The van der Waals surface area contributed by atoms with Crippen LogP contribution in [0.25, 0.3) is 0 Å². The molecule has 1 rings (SSSR count). The van der Waals surface area contributed by atoms with Gasteiger partial charge in [0.1, 0.15) is 0 Å². The van der Waals surface area contributed by atoms with E-state index < -0.39 is 0 Å². The number of benzene rings is 1. The summed E-state index contributed by atoms with van der Waals surface area (Å²) in [6, 6.07) is 10.00. The third kappa shape index (κ3) is 3.18. The first-order valence-corrected chi connectivity index (χ1v) is 5.25. The Kier molecular flexibility index (Phi) is 4.53. The molecule has 0 aliphatic rings. The van der Waals surface area contributed by atoms with Crippen molar-refractivity contribution in [2.75, 3.05) is 13.2 Å². The van der Waals surface area contributed by atoms with E-state index in [1.807, 2.05) is 43.3 Å². The fraction of sp³-hybridized carbons (Fsp3) is 0.385. The van der Waals surface area contributed by atoms with Crippen LogP contribution in [0.1, 0.15) is 18.9 Å². The van der Waals surface area contributed by atoms with Gasteiger partial charge in [-0.2, -0.15) is 0 Å². The smallest absolute Gasteiger partial charge is 0.0652 e. The SMILES string of the molecule is C=CCCNC(C)(CO)c1ccccc1. The quantitative estimate of drug-likeness (QED) is 0.550. The van der Waals surface area contributed by atoms with Crippen LogP contribution in [0.5, 0.6) is 0 Å². The van der Waals surface area contributed by atoms with Crippen LogP contribution in [0, 0.1) is 0 Å². The summed E-state index contributed by atoms with van der Waals surface area (Å²) in [7, 11) is 0. The average Bonchev–Trinajstić information content (AvgIpc) is 2.30. The lowest BCUT2D eigenvalue weighted by atomic mass is 9.93. The monoisotopic (exact) mass is 205 g/mol. The minimum absolute atomic E-state index is 0.0914. The summed E-state index contributed by atoms with van der Waals surface area (Å²) < 4.78 is 0. The van der Waals surface area contributed by atoms with Crippen molar-refractivity contribution in [3.8, 4) is 0 Å². The van der Waals surface area contributed by atoms with E-state index in [1.165, 1.54) is 0 Å². The molecule has 2 nitrogen and oxygen atoms in total. The molecule has 0 aromatic heterocycles. The topological polar surface area (TPSA) is 32.3 Å². The molecule has 1 atom stereocenters. The maximum atomic E-state index is 9.45. The number of nitrogens with one attached hydrogen (secondary N) is 1. The largest absolute Gasteiger partial charge is 0.394 e. The van der Waals surface area contributed by atoms with Gasteiger partial charge in [-0.15, -0.1) is 6.58 Å². The first-order chi connectivity index (χ1) is 7.23. The molecule has 2 heteroatoms. The van der Waals surface area contributed by atoms with E-state index in [0.29, 0.717) is 0 Å². The van der Waals surface area contributed by atoms with E-state index in [4.69, 9.17) is 0 Å². The number of hydrogen-bond donors (Lipinski definition) is 2. The Balaban J connectivity index is 2.71. The molecule has 0 heterocycles. The number of aliphatic hydroxyl groups is 1. The van der Waals surface area contributed by atoms with Crippen LogP contribution in [-0.2, 0) is 5.54 Å². The van der Waals surface area contributed by atoms with Crippen molar-refractivity contribution in [2.45, 2.75) is 18.9 Å². The minimum Gasteiger partial charge on any atom is -0.394 e. The van der Waals surface area contributed by atoms with Crippen molar-refractivity contribution in [1.29, 1.82) is 0 Å². The summed E-state index contributed by atoms with van der Waals surface area (Å²) in [5, 5.41) is 12.8. The molecule has 15 heavy (non-hydrogen) atoms. The molecule has 0 amide bonds. The molecular weight excluding hydrogens is 186 g/mol. The van der Waals surface area contributed by atoms with Crippen LogP contribution >= 0.6 is 0 Å². The highest BCUT2D eigenvalue weighted by Crippen LogP contribution is 2.19. The highest BCUT2D eigenvalue weighted by atomic mass is 16.3. The summed E-state index contributed by atoms with van der Waals surface area (Å²) in [5.41, 5.74) is 0.751. The van der Waals surface area contributed by atoms with Gasteiger partial charge in [0.15, 0.2) is 0 Å². The molecule has 0 fully saturated rings. The molecule has 0 saturated heterocycles. The van der Waals surface area contributed by atoms with E-state index in [0.717, 1.165) is 18.5 Å². The molecule has 2 N–H and O–H groups in total. The third-order valence-corrected chi connectivity index (χ3v) is 2.59. The number of hydrogen-bond acceptors (Lipinski definition) is 2. The Morgan fingerprint density at radius 2 is 2.07 bits per heavy atom. The lowest BCUT2D eigenvalue weighted by Crippen LogP contribution is -2.43. The Hall–Kier alpha value is -1.12. The Bertz CT molecular complexity index is 297. The lowest BCUT2D eigenvalue weighted by Gasteiger charge is -2.29. The highest BCUT2D eigenvalue weighted by Gasteiger charge is 2.23. The molecule has 0 aliphatic heterocycles. The fourth-order valence-electron chi connectivity index (χ4n) is 1.51. The van der Waals surface area contributed by atoms with Gasteiger partial charge in [-0.1, -0.05) is 36.4 Å². The normalized spacial score (nSPS) is 14.5. The lowest BCUT2D eigenvalue weighted by molar-refractivity contribution is 0.176. The molecule has 0 saturated carbocycles. The van der Waals surface area contributed by atoms with Gasteiger partial charge in [-0.25, -0.2) is 0 Å². The molecule has 1 aromatic carbocycles. The second-order valence-corrected chi connectivity index (χ2v) is 3.86. The van der Waals surface area contributed by atoms with Crippen LogP contribution in [0.2, 0.25) is 0 Å². The summed E-state index contributed by atoms with van der Waals surface area (Å²) in [6.45, 7) is 6.60. The standard InChI is InChI=1S/C13H19NO/c1-3-4-10-14-13(2,11-15)12-8-6-5-7-9-12/h3,5-9,14-15H,1,4,10-11H2,2H3. The van der Waals surface area contributed by atoms with E-state index in [9.17, 15) is 5.11 Å². The fourth-order valence-corrected chi connectivity index (χ4v) is 1.51. The van der Waals surface area contributed by atoms with Crippen molar-refractivity contribution in [3.05, 3.63) is 48.6 Å². The summed E-state index contributed by atoms with van der Waals surface area (Å²) >= 11 is 0. The van der Waals surface area contributed by atoms with Crippen LogP contribution in [0.4, 0.5) is 0 Å². The molecule has 0 aliphatic carbocycles. The maximum Gasteiger partial charge on any atom is 0.0652 e. The molecule has 0 spiro atoms. The molecule has 1 unspecified atom stereocenters. The van der Waals surface area contributed by atoms with Gasteiger partial charge < -0.3 is 10.4 Å². The van der Waals surface area contributed by atoms with Gasteiger partial charge in [-0.05, 0) is 25.5 Å². The van der Waals surface area contributed by atoms with Crippen LogP contribution in [-0.4, -0.2) is 18.3 Å². The van der Waals surface area contributed by atoms with E-state index in [2.05, 4.69) is 11.9 Å². The minimum atomic E-state index is -0.357. The first kappa shape index (κ1) is 12.0. The number of rotatable bonds is 6. The Labute approximate surface area is 91.6 Å². The zero-order valence-electron chi connectivity index (χ0n) is 9.24. The van der Waals surface area contributed by atoms with Gasteiger partial charge in [0.25, 0.3) is 0 Å². The van der Waals surface area contributed by atoms with Crippen molar-refractivity contribution in [1.82, 2.24) is 5.32 Å². The number of aliphatic hydroxyl groups excluding tert-OH is 1. The zero-order valence-corrected chi connectivity index (χ0v) is 9.24. The summed E-state index contributed by atoms with van der Waals surface area (Å²) in [5.74, 6) is 0. The van der Waals surface area contributed by atoms with Gasteiger partial charge in [0, 0.05) is 0 Å². The summed E-state index contributed by atoms with van der Waals surface area (Å²) in [6.07, 6.45) is 2.78. The van der Waals surface area contributed by atoms with Gasteiger partial charge in [-0.3, -0.25) is 0 Å². The molecule has 82 valence electrons. The molecule has 1 aromatic rings. The average molecular weight is 205 g/mol. The van der Waals surface area contributed by atoms with Crippen LogP contribution in [0.15, 0.2) is 43.0 Å². The van der Waals surface area contributed by atoms with Crippen LogP contribution in [0.3, 0.4) is 0 Å². The van der Waals surface area contributed by atoms with Crippen molar-refractivity contribution < 1.29 is 5.11 Å². The summed E-state index contributed by atoms with van der Waals surface area (Å²) in [4.78, 5) is 0. The second-order valence-electron chi connectivity index (χ2n) is 3.86. The zero-order chi connectivity index (χ0) is 11.1.